The molecule has 0 radical (unpaired) electrons. The maximum Gasteiger partial charge on any atom is 0.278 e. The number of carbonyl (C=O) groups is 1. The highest BCUT2D eigenvalue weighted by Crippen LogP contribution is 2.40. The number of aryl methyl sites for hydroxylation is 1. The van der Waals surface area contributed by atoms with Crippen LogP contribution in [0.2, 0.25) is 0 Å². The SMILES string of the molecule is CC[C@@H]1CCc2c(sc(NC(=O)c3cc(C)on3)c2C#N)C1. The number of amides is 1. The van der Waals surface area contributed by atoms with E-state index in [1.54, 1.807) is 13.0 Å². The molecular weight excluding hydrogens is 298 g/mol. The van der Waals surface area contributed by atoms with Gasteiger partial charge in [-0.2, -0.15) is 5.26 Å². The van der Waals surface area contributed by atoms with Crippen molar-refractivity contribution in [2.45, 2.75) is 39.5 Å². The van der Waals surface area contributed by atoms with E-state index in [1.807, 2.05) is 0 Å². The Morgan fingerprint density at radius 2 is 2.45 bits per heavy atom. The molecule has 0 fully saturated rings. The third-order valence-corrected chi connectivity index (χ3v) is 5.31. The Bertz CT molecular complexity index is 754. The van der Waals surface area contributed by atoms with Gasteiger partial charge in [-0.05, 0) is 37.7 Å². The maximum absolute atomic E-state index is 12.2. The van der Waals surface area contributed by atoms with E-state index in [1.165, 1.54) is 16.2 Å². The van der Waals surface area contributed by atoms with Crippen molar-refractivity contribution >= 4 is 22.2 Å². The van der Waals surface area contributed by atoms with Gasteiger partial charge in [0.15, 0.2) is 5.69 Å². The van der Waals surface area contributed by atoms with Gasteiger partial charge in [0.1, 0.15) is 16.8 Å². The van der Waals surface area contributed by atoms with Crippen LogP contribution in [0.4, 0.5) is 5.00 Å². The summed E-state index contributed by atoms with van der Waals surface area (Å²) in [7, 11) is 0. The second-order valence-electron chi connectivity index (χ2n) is 5.61. The van der Waals surface area contributed by atoms with Crippen LogP contribution in [0.25, 0.3) is 0 Å². The molecule has 0 bridgehead atoms. The first kappa shape index (κ1) is 14.8. The first-order valence-corrected chi connectivity index (χ1v) is 8.23. The lowest BCUT2D eigenvalue weighted by molar-refractivity contribution is 0.101. The normalized spacial score (nSPS) is 16.9. The number of nitriles is 1. The van der Waals surface area contributed by atoms with E-state index in [0.29, 0.717) is 22.2 Å². The topological polar surface area (TPSA) is 78.9 Å². The molecule has 2 heterocycles. The Hall–Kier alpha value is -2.13. The van der Waals surface area contributed by atoms with Gasteiger partial charge < -0.3 is 9.84 Å². The molecular formula is C16H17N3O2S. The number of rotatable bonds is 3. The zero-order valence-corrected chi connectivity index (χ0v) is 13.4. The number of fused-ring (bicyclic) bond motifs is 1. The van der Waals surface area contributed by atoms with Crippen LogP contribution in [0.5, 0.6) is 0 Å². The average molecular weight is 315 g/mol. The van der Waals surface area contributed by atoms with Crippen LogP contribution >= 0.6 is 11.3 Å². The van der Waals surface area contributed by atoms with Crippen LogP contribution < -0.4 is 5.32 Å². The fraction of sp³-hybridized carbons (Fsp3) is 0.438. The maximum atomic E-state index is 12.2. The molecule has 1 N–H and O–H groups in total. The molecule has 0 aliphatic heterocycles. The van der Waals surface area contributed by atoms with Crippen molar-refractivity contribution in [1.29, 1.82) is 5.26 Å². The molecule has 1 aliphatic rings. The number of nitrogens with one attached hydrogen (secondary N) is 1. The molecule has 1 amide bonds. The van der Waals surface area contributed by atoms with Crippen LogP contribution in [0.1, 0.15) is 52.0 Å². The summed E-state index contributed by atoms with van der Waals surface area (Å²) in [5.41, 5.74) is 1.96. The van der Waals surface area contributed by atoms with E-state index in [0.717, 1.165) is 31.2 Å². The van der Waals surface area contributed by atoms with E-state index in [2.05, 4.69) is 23.5 Å². The molecule has 2 aromatic heterocycles. The summed E-state index contributed by atoms with van der Waals surface area (Å²) in [6.45, 7) is 3.93. The molecule has 0 saturated carbocycles. The molecule has 2 aromatic rings. The third-order valence-electron chi connectivity index (χ3n) is 4.14. The van der Waals surface area contributed by atoms with Gasteiger partial charge in [-0.1, -0.05) is 18.5 Å². The highest BCUT2D eigenvalue weighted by atomic mass is 32.1. The lowest BCUT2D eigenvalue weighted by Gasteiger charge is -2.20. The van der Waals surface area contributed by atoms with Crippen LogP contribution in [-0.2, 0) is 12.8 Å². The Balaban J connectivity index is 1.87. The van der Waals surface area contributed by atoms with E-state index in [-0.39, 0.29) is 11.6 Å². The summed E-state index contributed by atoms with van der Waals surface area (Å²) >= 11 is 1.52. The second-order valence-corrected chi connectivity index (χ2v) is 6.72. The minimum atomic E-state index is -0.334. The van der Waals surface area contributed by atoms with Crippen LogP contribution in [0.15, 0.2) is 10.6 Å². The molecule has 6 heteroatoms. The molecule has 0 unspecified atom stereocenters. The quantitative estimate of drug-likeness (QED) is 0.937. The van der Waals surface area contributed by atoms with Gasteiger partial charge in [0.25, 0.3) is 5.91 Å². The highest BCUT2D eigenvalue weighted by molar-refractivity contribution is 7.16. The summed E-state index contributed by atoms with van der Waals surface area (Å²) in [4.78, 5) is 13.4. The molecule has 114 valence electrons. The van der Waals surface area contributed by atoms with Crippen LogP contribution in [-0.4, -0.2) is 11.1 Å². The average Bonchev–Trinajstić information content (AvgIpc) is 3.09. The first-order chi connectivity index (χ1) is 10.6. The summed E-state index contributed by atoms with van der Waals surface area (Å²) in [5.74, 6) is 0.931. The van der Waals surface area contributed by atoms with Crippen molar-refractivity contribution in [3.05, 3.63) is 33.5 Å². The van der Waals surface area contributed by atoms with E-state index >= 15 is 0 Å². The fourth-order valence-corrected chi connectivity index (χ4v) is 4.16. The van der Waals surface area contributed by atoms with E-state index < -0.39 is 0 Å². The highest BCUT2D eigenvalue weighted by Gasteiger charge is 2.26. The number of nitrogens with zero attached hydrogens (tertiary/aromatic N) is 2. The minimum Gasteiger partial charge on any atom is -0.361 e. The van der Waals surface area contributed by atoms with Crippen molar-refractivity contribution in [3.8, 4) is 6.07 Å². The van der Waals surface area contributed by atoms with E-state index in [4.69, 9.17) is 4.52 Å². The molecule has 3 rings (SSSR count). The molecule has 22 heavy (non-hydrogen) atoms. The smallest absolute Gasteiger partial charge is 0.278 e. The molecule has 1 aliphatic carbocycles. The lowest BCUT2D eigenvalue weighted by Crippen LogP contribution is -2.13. The number of aromatic nitrogens is 1. The molecule has 0 saturated heterocycles. The number of thiophene rings is 1. The summed E-state index contributed by atoms with van der Waals surface area (Å²) in [6, 6.07) is 3.84. The summed E-state index contributed by atoms with van der Waals surface area (Å²) in [6.07, 6.45) is 4.19. The van der Waals surface area contributed by atoms with Gasteiger partial charge in [-0.15, -0.1) is 11.3 Å². The van der Waals surface area contributed by atoms with Gasteiger partial charge in [0, 0.05) is 10.9 Å². The van der Waals surface area contributed by atoms with Crippen molar-refractivity contribution < 1.29 is 9.32 Å². The van der Waals surface area contributed by atoms with Gasteiger partial charge in [-0.25, -0.2) is 0 Å². The standard InChI is InChI=1S/C16H17N3O2S/c1-3-10-4-5-11-12(8-17)16(22-14(11)7-10)18-15(20)13-6-9(2)21-19-13/h6,10H,3-5,7H2,1-2H3,(H,18,20)/t10-/m1/s1. The predicted octanol–water partition coefficient (Wildman–Crippen LogP) is 3.68. The Labute approximate surface area is 132 Å². The lowest BCUT2D eigenvalue weighted by atomic mass is 9.86. The van der Waals surface area contributed by atoms with Gasteiger partial charge in [0.2, 0.25) is 0 Å². The van der Waals surface area contributed by atoms with Crippen LogP contribution in [0.3, 0.4) is 0 Å². The van der Waals surface area contributed by atoms with Crippen molar-refractivity contribution in [3.63, 3.8) is 0 Å². The second kappa shape index (κ2) is 5.93. The largest absolute Gasteiger partial charge is 0.361 e. The predicted molar refractivity (Wildman–Crippen MR) is 84.0 cm³/mol. The summed E-state index contributed by atoms with van der Waals surface area (Å²) in [5, 5.41) is 16.6. The number of hydrogen-bond acceptors (Lipinski definition) is 5. The Kier molecular flexibility index (Phi) is 3.99. The Morgan fingerprint density at radius 1 is 1.64 bits per heavy atom. The first-order valence-electron chi connectivity index (χ1n) is 7.41. The number of carbonyl (C=O) groups excluding carboxylic acids is 1. The molecule has 0 spiro atoms. The van der Waals surface area contributed by atoms with Gasteiger partial charge in [-0.3, -0.25) is 4.79 Å². The monoisotopic (exact) mass is 315 g/mol. The molecule has 0 aromatic carbocycles. The van der Waals surface area contributed by atoms with E-state index in [9.17, 15) is 10.1 Å². The molecule has 5 nitrogen and oxygen atoms in total. The fourth-order valence-electron chi connectivity index (χ4n) is 2.85. The number of anilines is 1. The number of hydrogen-bond donors (Lipinski definition) is 1. The summed E-state index contributed by atoms with van der Waals surface area (Å²) < 4.78 is 4.92. The van der Waals surface area contributed by atoms with Crippen molar-refractivity contribution in [2.24, 2.45) is 5.92 Å². The van der Waals surface area contributed by atoms with Crippen molar-refractivity contribution in [2.75, 3.05) is 5.32 Å². The van der Waals surface area contributed by atoms with Gasteiger partial charge in [0.05, 0.1) is 5.56 Å². The van der Waals surface area contributed by atoms with Crippen molar-refractivity contribution in [1.82, 2.24) is 5.16 Å². The zero-order chi connectivity index (χ0) is 15.7. The third kappa shape index (κ3) is 2.64. The van der Waals surface area contributed by atoms with Crippen LogP contribution in [0, 0.1) is 24.2 Å². The zero-order valence-electron chi connectivity index (χ0n) is 12.6. The van der Waals surface area contributed by atoms with Gasteiger partial charge >= 0.3 is 0 Å². The molecule has 1 atom stereocenters. The Morgan fingerprint density at radius 3 is 3.09 bits per heavy atom. The minimum absolute atomic E-state index is 0.235.